The van der Waals surface area contributed by atoms with Crippen molar-refractivity contribution in [2.24, 2.45) is 0 Å². The predicted octanol–water partition coefficient (Wildman–Crippen LogP) is 3.90. The summed E-state index contributed by atoms with van der Waals surface area (Å²) >= 11 is 1.98. The average molecular weight is 272 g/mol. The van der Waals surface area contributed by atoms with Gasteiger partial charge in [0.1, 0.15) is 0 Å². The SMILES string of the molecule is CCc1cc(CC)n(CC2CSc3ccccc32)n1. The molecule has 1 unspecified atom stereocenters. The second kappa shape index (κ2) is 5.41. The highest BCUT2D eigenvalue weighted by atomic mass is 32.2. The van der Waals surface area contributed by atoms with Crippen LogP contribution in [-0.4, -0.2) is 15.5 Å². The van der Waals surface area contributed by atoms with Crippen LogP contribution in [0.4, 0.5) is 0 Å². The summed E-state index contributed by atoms with van der Waals surface area (Å²) < 4.78 is 2.23. The van der Waals surface area contributed by atoms with Crippen molar-refractivity contribution >= 4 is 11.8 Å². The van der Waals surface area contributed by atoms with Gasteiger partial charge in [-0.2, -0.15) is 5.10 Å². The fourth-order valence-corrected chi connectivity index (χ4v) is 3.96. The van der Waals surface area contributed by atoms with Gasteiger partial charge in [0.2, 0.25) is 0 Å². The van der Waals surface area contributed by atoms with E-state index in [0.29, 0.717) is 5.92 Å². The van der Waals surface area contributed by atoms with E-state index in [1.54, 1.807) is 0 Å². The number of fused-ring (bicyclic) bond motifs is 1. The van der Waals surface area contributed by atoms with Crippen LogP contribution in [0.2, 0.25) is 0 Å². The summed E-state index contributed by atoms with van der Waals surface area (Å²) in [6.45, 7) is 5.41. The highest BCUT2D eigenvalue weighted by Gasteiger charge is 2.23. The molecule has 0 fully saturated rings. The molecule has 0 radical (unpaired) electrons. The molecular weight excluding hydrogens is 252 g/mol. The maximum absolute atomic E-state index is 4.74. The van der Waals surface area contributed by atoms with Gasteiger partial charge < -0.3 is 0 Å². The third-order valence-electron chi connectivity index (χ3n) is 3.83. The molecule has 0 saturated heterocycles. The van der Waals surface area contributed by atoms with Crippen LogP contribution < -0.4 is 0 Å². The largest absolute Gasteiger partial charge is 0.269 e. The monoisotopic (exact) mass is 272 g/mol. The molecule has 0 N–H and O–H groups in total. The van der Waals surface area contributed by atoms with E-state index >= 15 is 0 Å². The molecule has 0 saturated carbocycles. The first kappa shape index (κ1) is 12.8. The molecule has 1 aliphatic heterocycles. The van der Waals surface area contributed by atoms with Gasteiger partial charge in [0.25, 0.3) is 0 Å². The number of nitrogens with zero attached hydrogens (tertiary/aromatic N) is 2. The Morgan fingerprint density at radius 3 is 2.89 bits per heavy atom. The van der Waals surface area contributed by atoms with Crippen molar-refractivity contribution in [3.63, 3.8) is 0 Å². The van der Waals surface area contributed by atoms with E-state index in [1.165, 1.54) is 27.6 Å². The van der Waals surface area contributed by atoms with Gasteiger partial charge in [0.05, 0.1) is 5.69 Å². The van der Waals surface area contributed by atoms with Crippen LogP contribution in [0.25, 0.3) is 0 Å². The lowest BCUT2D eigenvalue weighted by molar-refractivity contribution is 0.526. The van der Waals surface area contributed by atoms with Crippen LogP contribution >= 0.6 is 11.8 Å². The van der Waals surface area contributed by atoms with E-state index in [4.69, 9.17) is 5.10 Å². The quantitative estimate of drug-likeness (QED) is 0.840. The zero-order chi connectivity index (χ0) is 13.2. The summed E-state index contributed by atoms with van der Waals surface area (Å²) in [5, 5.41) is 4.74. The third kappa shape index (κ3) is 2.44. The van der Waals surface area contributed by atoms with Crippen molar-refractivity contribution < 1.29 is 0 Å². The minimum absolute atomic E-state index is 0.608. The van der Waals surface area contributed by atoms with E-state index in [9.17, 15) is 0 Å². The van der Waals surface area contributed by atoms with E-state index in [2.05, 4.69) is 48.9 Å². The summed E-state index contributed by atoms with van der Waals surface area (Å²) in [4.78, 5) is 1.45. The number of benzene rings is 1. The van der Waals surface area contributed by atoms with Crippen molar-refractivity contribution in [1.29, 1.82) is 0 Å². The predicted molar refractivity (Wildman–Crippen MR) is 80.9 cm³/mol. The van der Waals surface area contributed by atoms with Gasteiger partial charge >= 0.3 is 0 Å². The second-order valence-corrected chi connectivity index (χ2v) is 6.12. The maximum atomic E-state index is 4.74. The smallest absolute Gasteiger partial charge is 0.0624 e. The lowest BCUT2D eigenvalue weighted by atomic mass is 10.0. The van der Waals surface area contributed by atoms with Gasteiger partial charge in [-0.25, -0.2) is 0 Å². The molecule has 0 bridgehead atoms. The van der Waals surface area contributed by atoms with Crippen molar-refractivity contribution in [1.82, 2.24) is 9.78 Å². The Balaban J connectivity index is 1.85. The highest BCUT2D eigenvalue weighted by molar-refractivity contribution is 7.99. The van der Waals surface area contributed by atoms with Crippen LogP contribution in [0.15, 0.2) is 35.2 Å². The molecule has 0 spiro atoms. The summed E-state index contributed by atoms with van der Waals surface area (Å²) in [5.74, 6) is 1.79. The van der Waals surface area contributed by atoms with Crippen molar-refractivity contribution in [3.8, 4) is 0 Å². The zero-order valence-corrected chi connectivity index (χ0v) is 12.4. The van der Waals surface area contributed by atoms with Crippen LogP contribution in [0.3, 0.4) is 0 Å². The molecule has 1 aromatic carbocycles. The molecular formula is C16H20N2S. The van der Waals surface area contributed by atoms with Gasteiger partial charge in [-0.3, -0.25) is 4.68 Å². The third-order valence-corrected chi connectivity index (χ3v) is 5.08. The van der Waals surface area contributed by atoms with Gasteiger partial charge in [0.15, 0.2) is 0 Å². The molecule has 1 aromatic heterocycles. The Hall–Kier alpha value is -1.22. The molecule has 3 heteroatoms. The normalized spacial score (nSPS) is 17.7. The molecule has 100 valence electrons. The number of rotatable bonds is 4. The first-order valence-electron chi connectivity index (χ1n) is 7.09. The Morgan fingerprint density at radius 1 is 1.26 bits per heavy atom. The number of aryl methyl sites for hydroxylation is 2. The molecule has 19 heavy (non-hydrogen) atoms. The van der Waals surface area contributed by atoms with Crippen molar-refractivity contribution in [3.05, 3.63) is 47.3 Å². The van der Waals surface area contributed by atoms with Crippen LogP contribution in [0.1, 0.15) is 36.7 Å². The molecule has 1 atom stereocenters. The fourth-order valence-electron chi connectivity index (χ4n) is 2.72. The highest BCUT2D eigenvalue weighted by Crippen LogP contribution is 2.40. The molecule has 1 aliphatic rings. The summed E-state index contributed by atoms with van der Waals surface area (Å²) in [6, 6.07) is 11.1. The Kier molecular flexibility index (Phi) is 3.65. The van der Waals surface area contributed by atoms with Crippen molar-refractivity contribution in [2.45, 2.75) is 44.0 Å². The van der Waals surface area contributed by atoms with Gasteiger partial charge in [-0.15, -0.1) is 11.8 Å². The van der Waals surface area contributed by atoms with E-state index in [-0.39, 0.29) is 0 Å². The topological polar surface area (TPSA) is 17.8 Å². The zero-order valence-electron chi connectivity index (χ0n) is 11.6. The molecule has 2 nitrogen and oxygen atoms in total. The molecule has 0 aliphatic carbocycles. The van der Waals surface area contributed by atoms with Crippen LogP contribution in [0.5, 0.6) is 0 Å². The lowest BCUT2D eigenvalue weighted by Gasteiger charge is -2.13. The number of thioether (sulfide) groups is 1. The number of aromatic nitrogens is 2. The van der Waals surface area contributed by atoms with E-state index in [1.807, 2.05) is 11.8 Å². The van der Waals surface area contributed by atoms with Gasteiger partial charge in [0, 0.05) is 28.8 Å². The maximum Gasteiger partial charge on any atom is 0.0624 e. The first-order valence-corrected chi connectivity index (χ1v) is 8.07. The van der Waals surface area contributed by atoms with Gasteiger partial charge in [-0.1, -0.05) is 32.0 Å². The lowest BCUT2D eigenvalue weighted by Crippen LogP contribution is -2.12. The second-order valence-electron chi connectivity index (χ2n) is 5.06. The van der Waals surface area contributed by atoms with Crippen LogP contribution in [0, 0.1) is 0 Å². The number of hydrogen-bond acceptors (Lipinski definition) is 2. The Bertz CT molecular complexity index is 574. The Labute approximate surface area is 119 Å². The average Bonchev–Trinajstić information content (AvgIpc) is 3.04. The molecule has 2 heterocycles. The first-order chi connectivity index (χ1) is 9.31. The summed E-state index contributed by atoms with van der Waals surface area (Å²) in [5.41, 5.74) is 4.09. The number of hydrogen-bond donors (Lipinski definition) is 0. The standard InChI is InChI=1S/C16H20N2S/c1-3-13-9-14(4-2)18(17-13)10-12-11-19-16-8-6-5-7-15(12)16/h5-9,12H,3-4,10-11H2,1-2H3. The van der Waals surface area contributed by atoms with Gasteiger partial charge in [-0.05, 0) is 30.5 Å². The summed E-state index contributed by atoms with van der Waals surface area (Å²) in [6.07, 6.45) is 2.09. The minimum Gasteiger partial charge on any atom is -0.269 e. The van der Waals surface area contributed by atoms with Crippen molar-refractivity contribution in [2.75, 3.05) is 5.75 Å². The fraction of sp³-hybridized carbons (Fsp3) is 0.438. The van der Waals surface area contributed by atoms with Crippen LogP contribution in [-0.2, 0) is 19.4 Å². The van der Waals surface area contributed by atoms with E-state index in [0.717, 1.165) is 19.4 Å². The molecule has 3 rings (SSSR count). The molecule has 2 aromatic rings. The minimum atomic E-state index is 0.608. The summed E-state index contributed by atoms with van der Waals surface area (Å²) in [7, 11) is 0. The Morgan fingerprint density at radius 2 is 2.11 bits per heavy atom. The molecule has 0 amide bonds. The van der Waals surface area contributed by atoms with E-state index < -0.39 is 0 Å².